The van der Waals surface area contributed by atoms with Gasteiger partial charge in [0, 0.05) is 32.6 Å². The van der Waals surface area contributed by atoms with Crippen LogP contribution in [0.5, 0.6) is 5.75 Å². The number of ether oxygens (including phenoxy) is 2. The van der Waals surface area contributed by atoms with E-state index >= 15 is 0 Å². The summed E-state index contributed by atoms with van der Waals surface area (Å²) in [7, 11) is 4.77. The van der Waals surface area contributed by atoms with Gasteiger partial charge in [0.1, 0.15) is 11.4 Å². The molecular weight excluding hydrogens is 338 g/mol. The van der Waals surface area contributed by atoms with Crippen molar-refractivity contribution in [2.45, 2.75) is 32.8 Å². The zero-order chi connectivity index (χ0) is 19.9. The number of anilines is 1. The molecule has 8 nitrogen and oxygen atoms in total. The third kappa shape index (κ3) is 7.00. The van der Waals surface area contributed by atoms with Crippen LogP contribution in [-0.2, 0) is 9.53 Å². The molecule has 0 aliphatic heterocycles. The van der Waals surface area contributed by atoms with Crippen LogP contribution in [-0.4, -0.2) is 56.2 Å². The highest BCUT2D eigenvalue weighted by atomic mass is 16.6. The molecular formula is C18H27N3O5. The van der Waals surface area contributed by atoms with Crippen molar-refractivity contribution in [3.8, 4) is 5.75 Å². The monoisotopic (exact) mass is 365 g/mol. The van der Waals surface area contributed by atoms with Gasteiger partial charge in [-0.3, -0.25) is 9.59 Å². The van der Waals surface area contributed by atoms with Crippen LogP contribution in [0.2, 0.25) is 0 Å². The maximum atomic E-state index is 12.1. The van der Waals surface area contributed by atoms with Crippen LogP contribution < -0.4 is 15.4 Å². The first kappa shape index (κ1) is 21.3. The van der Waals surface area contributed by atoms with Crippen molar-refractivity contribution in [1.29, 1.82) is 0 Å². The largest absolute Gasteiger partial charge is 0.495 e. The Bertz CT molecular complexity index is 665. The molecule has 1 rings (SSSR count). The quantitative estimate of drug-likeness (QED) is 0.806. The fourth-order valence-corrected chi connectivity index (χ4v) is 2.00. The summed E-state index contributed by atoms with van der Waals surface area (Å²) in [5, 5.41) is 5.21. The van der Waals surface area contributed by atoms with Crippen LogP contribution >= 0.6 is 0 Å². The predicted molar refractivity (Wildman–Crippen MR) is 98.5 cm³/mol. The van der Waals surface area contributed by atoms with Crippen molar-refractivity contribution < 1.29 is 23.9 Å². The van der Waals surface area contributed by atoms with Gasteiger partial charge in [-0.15, -0.1) is 0 Å². The lowest BCUT2D eigenvalue weighted by molar-refractivity contribution is -0.116. The number of hydrogen-bond donors (Lipinski definition) is 2. The van der Waals surface area contributed by atoms with Gasteiger partial charge < -0.3 is 25.0 Å². The highest BCUT2D eigenvalue weighted by Crippen LogP contribution is 2.26. The molecule has 2 N–H and O–H groups in total. The molecule has 8 heteroatoms. The number of methoxy groups -OCH3 is 1. The van der Waals surface area contributed by atoms with E-state index in [0.29, 0.717) is 17.0 Å². The minimum Gasteiger partial charge on any atom is -0.495 e. The van der Waals surface area contributed by atoms with Gasteiger partial charge in [-0.1, -0.05) is 0 Å². The van der Waals surface area contributed by atoms with Gasteiger partial charge in [-0.2, -0.15) is 0 Å². The molecule has 0 heterocycles. The molecule has 0 fully saturated rings. The normalized spacial score (nSPS) is 10.7. The summed E-state index contributed by atoms with van der Waals surface area (Å²) in [6.07, 6.45) is -0.532. The van der Waals surface area contributed by atoms with E-state index < -0.39 is 11.7 Å². The topological polar surface area (TPSA) is 97.0 Å². The zero-order valence-corrected chi connectivity index (χ0v) is 16.1. The van der Waals surface area contributed by atoms with Gasteiger partial charge >= 0.3 is 6.09 Å². The average molecular weight is 365 g/mol. The number of rotatable bonds is 6. The summed E-state index contributed by atoms with van der Waals surface area (Å²) in [4.78, 5) is 37.2. The van der Waals surface area contributed by atoms with E-state index in [1.54, 1.807) is 53.1 Å². The molecule has 0 atom stereocenters. The summed E-state index contributed by atoms with van der Waals surface area (Å²) >= 11 is 0. The second-order valence-electron chi connectivity index (χ2n) is 6.84. The fourth-order valence-electron chi connectivity index (χ4n) is 2.00. The Morgan fingerprint density at radius 2 is 1.81 bits per heavy atom. The minimum atomic E-state index is -0.598. The average Bonchev–Trinajstić information content (AvgIpc) is 2.52. The van der Waals surface area contributed by atoms with Gasteiger partial charge in [-0.05, 0) is 39.0 Å². The van der Waals surface area contributed by atoms with Gasteiger partial charge in [0.15, 0.2) is 0 Å². The lowest BCUT2D eigenvalue weighted by atomic mass is 10.1. The van der Waals surface area contributed by atoms with Crippen molar-refractivity contribution >= 4 is 23.6 Å². The van der Waals surface area contributed by atoms with E-state index in [0.717, 1.165) is 0 Å². The Hall–Kier alpha value is -2.77. The SMILES string of the molecule is COc1ccc(C(=O)N(C)C)cc1NC(=O)CCNC(=O)OC(C)(C)C. The van der Waals surface area contributed by atoms with Crippen LogP contribution in [0.1, 0.15) is 37.6 Å². The first-order chi connectivity index (χ1) is 12.0. The highest BCUT2D eigenvalue weighted by molar-refractivity contribution is 5.98. The number of nitrogens with zero attached hydrogens (tertiary/aromatic N) is 1. The van der Waals surface area contributed by atoms with Crippen LogP contribution in [0.3, 0.4) is 0 Å². The van der Waals surface area contributed by atoms with Crippen LogP contribution in [0.15, 0.2) is 18.2 Å². The van der Waals surface area contributed by atoms with Crippen molar-refractivity contribution in [2.75, 3.05) is 33.1 Å². The smallest absolute Gasteiger partial charge is 0.407 e. The number of nitrogens with one attached hydrogen (secondary N) is 2. The number of carbonyl (C=O) groups is 3. The van der Waals surface area contributed by atoms with Crippen molar-refractivity contribution in [3.63, 3.8) is 0 Å². The summed E-state index contributed by atoms with van der Waals surface area (Å²) < 4.78 is 10.3. The lowest BCUT2D eigenvalue weighted by Crippen LogP contribution is -2.34. The Morgan fingerprint density at radius 1 is 1.15 bits per heavy atom. The highest BCUT2D eigenvalue weighted by Gasteiger charge is 2.17. The van der Waals surface area contributed by atoms with Crippen molar-refractivity contribution in [1.82, 2.24) is 10.2 Å². The number of hydrogen-bond acceptors (Lipinski definition) is 5. The summed E-state index contributed by atoms with van der Waals surface area (Å²) in [5.74, 6) is -0.0719. The number of amides is 3. The second-order valence-corrected chi connectivity index (χ2v) is 6.84. The fraction of sp³-hybridized carbons (Fsp3) is 0.500. The summed E-state index contributed by atoms with van der Waals surface area (Å²) in [6, 6.07) is 4.80. The van der Waals surface area contributed by atoms with Gasteiger partial charge in [0.25, 0.3) is 5.91 Å². The molecule has 1 aromatic carbocycles. The van der Waals surface area contributed by atoms with Gasteiger partial charge in [0.2, 0.25) is 5.91 Å². The van der Waals surface area contributed by atoms with E-state index in [1.165, 1.54) is 12.0 Å². The maximum absolute atomic E-state index is 12.1. The molecule has 0 spiro atoms. The van der Waals surface area contributed by atoms with Crippen molar-refractivity contribution in [2.24, 2.45) is 0 Å². The molecule has 0 saturated carbocycles. The molecule has 144 valence electrons. The maximum Gasteiger partial charge on any atom is 0.407 e. The minimum absolute atomic E-state index is 0.0499. The molecule has 0 aliphatic rings. The molecule has 0 unspecified atom stereocenters. The Kier molecular flexibility index (Phi) is 7.42. The van der Waals surface area contributed by atoms with E-state index in [2.05, 4.69) is 10.6 Å². The third-order valence-electron chi connectivity index (χ3n) is 3.15. The molecule has 0 saturated heterocycles. The number of alkyl carbamates (subject to hydrolysis) is 1. The second kappa shape index (κ2) is 9.07. The molecule has 0 aliphatic carbocycles. The van der Waals surface area contributed by atoms with E-state index in [4.69, 9.17) is 9.47 Å². The first-order valence-electron chi connectivity index (χ1n) is 8.20. The molecule has 1 aromatic rings. The lowest BCUT2D eigenvalue weighted by Gasteiger charge is -2.19. The molecule has 0 aromatic heterocycles. The summed E-state index contributed by atoms with van der Waals surface area (Å²) in [5.41, 5.74) is 0.222. The Balaban J connectivity index is 2.66. The van der Waals surface area contributed by atoms with Crippen LogP contribution in [0.25, 0.3) is 0 Å². The number of benzene rings is 1. The van der Waals surface area contributed by atoms with Crippen LogP contribution in [0, 0.1) is 0 Å². The van der Waals surface area contributed by atoms with Gasteiger partial charge in [-0.25, -0.2) is 4.79 Å². The first-order valence-corrected chi connectivity index (χ1v) is 8.20. The van der Waals surface area contributed by atoms with E-state index in [-0.39, 0.29) is 24.8 Å². The van der Waals surface area contributed by atoms with Crippen molar-refractivity contribution in [3.05, 3.63) is 23.8 Å². The third-order valence-corrected chi connectivity index (χ3v) is 3.15. The number of carbonyl (C=O) groups excluding carboxylic acids is 3. The van der Waals surface area contributed by atoms with Crippen LogP contribution in [0.4, 0.5) is 10.5 Å². The Labute approximate surface area is 153 Å². The molecule has 0 bridgehead atoms. The predicted octanol–water partition coefficient (Wildman–Crippen LogP) is 2.25. The molecule has 26 heavy (non-hydrogen) atoms. The Morgan fingerprint density at radius 3 is 2.35 bits per heavy atom. The zero-order valence-electron chi connectivity index (χ0n) is 16.1. The van der Waals surface area contributed by atoms with Gasteiger partial charge in [0.05, 0.1) is 12.8 Å². The van der Waals surface area contributed by atoms with E-state index in [1.807, 2.05) is 0 Å². The summed E-state index contributed by atoms with van der Waals surface area (Å²) in [6.45, 7) is 5.40. The molecule has 3 amide bonds. The molecule has 0 radical (unpaired) electrons. The standard InChI is InChI=1S/C18H27N3O5/c1-18(2,3)26-17(24)19-10-9-15(22)20-13-11-12(16(23)21(4)5)7-8-14(13)25-6/h7-8,11H,9-10H2,1-6H3,(H,19,24)(H,20,22). The van der Waals surface area contributed by atoms with E-state index in [9.17, 15) is 14.4 Å².